The molecule has 2 aliphatic rings. The quantitative estimate of drug-likeness (QED) is 0.847. The second kappa shape index (κ2) is 3.68. The van der Waals surface area contributed by atoms with Crippen molar-refractivity contribution in [2.24, 2.45) is 5.92 Å². The van der Waals surface area contributed by atoms with Crippen LogP contribution in [-0.4, -0.2) is 30.3 Å². The normalized spacial score (nSPS) is 28.7. The largest absolute Gasteiger partial charge is 0.398 e. The third kappa shape index (κ3) is 1.63. The highest BCUT2D eigenvalue weighted by molar-refractivity contribution is 7.89. The Balaban J connectivity index is 2.00. The third-order valence-corrected chi connectivity index (χ3v) is 5.72. The monoisotopic (exact) mass is 253 g/mol. The van der Waals surface area contributed by atoms with Crippen LogP contribution in [0, 0.1) is 5.92 Å². The van der Waals surface area contributed by atoms with E-state index in [4.69, 9.17) is 5.73 Å². The molecule has 6 heteroatoms. The summed E-state index contributed by atoms with van der Waals surface area (Å²) in [5.41, 5.74) is 6.01. The van der Waals surface area contributed by atoms with E-state index < -0.39 is 10.0 Å². The Morgan fingerprint density at radius 2 is 2.24 bits per heavy atom. The van der Waals surface area contributed by atoms with Crippen LogP contribution in [-0.2, 0) is 10.0 Å². The summed E-state index contributed by atoms with van der Waals surface area (Å²) in [4.78, 5) is 4.01. The van der Waals surface area contributed by atoms with Crippen molar-refractivity contribution in [1.82, 2.24) is 9.29 Å². The molecular weight excluding hydrogens is 238 g/mol. The molecule has 2 atom stereocenters. The summed E-state index contributed by atoms with van der Waals surface area (Å²) in [6.07, 6.45) is 5.98. The van der Waals surface area contributed by atoms with Crippen molar-refractivity contribution in [3.05, 3.63) is 18.5 Å². The zero-order valence-corrected chi connectivity index (χ0v) is 10.2. The zero-order valence-electron chi connectivity index (χ0n) is 9.41. The van der Waals surface area contributed by atoms with Gasteiger partial charge in [-0.3, -0.25) is 4.98 Å². The number of hydrogen-bond donors (Lipinski definition) is 1. The Hall–Kier alpha value is -1.14. The zero-order chi connectivity index (χ0) is 12.0. The lowest BCUT2D eigenvalue weighted by Gasteiger charge is -2.26. The van der Waals surface area contributed by atoms with Gasteiger partial charge in [-0.15, -0.1) is 0 Å². The summed E-state index contributed by atoms with van der Waals surface area (Å²) in [6.45, 7) is 0.640. The second-order valence-corrected chi connectivity index (χ2v) is 6.68. The van der Waals surface area contributed by atoms with Gasteiger partial charge in [-0.1, -0.05) is 0 Å². The number of pyridine rings is 1. The molecule has 2 fully saturated rings. The first kappa shape index (κ1) is 11.0. The fourth-order valence-electron chi connectivity index (χ4n) is 2.91. The fraction of sp³-hybridized carbons (Fsp3) is 0.545. The van der Waals surface area contributed by atoms with Crippen molar-refractivity contribution in [2.75, 3.05) is 12.3 Å². The SMILES string of the molecule is Nc1ccncc1S(=O)(=O)N1CC2CCC1C2. The van der Waals surface area contributed by atoms with Crippen LogP contribution < -0.4 is 5.73 Å². The first-order valence-electron chi connectivity index (χ1n) is 5.80. The van der Waals surface area contributed by atoms with Gasteiger partial charge in [0.25, 0.3) is 0 Å². The van der Waals surface area contributed by atoms with E-state index >= 15 is 0 Å². The van der Waals surface area contributed by atoms with Crippen molar-refractivity contribution in [1.29, 1.82) is 0 Å². The molecule has 17 heavy (non-hydrogen) atoms. The van der Waals surface area contributed by atoms with Gasteiger partial charge in [0.15, 0.2) is 0 Å². The average Bonchev–Trinajstić information content (AvgIpc) is 2.91. The van der Waals surface area contributed by atoms with Gasteiger partial charge in [-0.2, -0.15) is 4.31 Å². The van der Waals surface area contributed by atoms with Gasteiger partial charge < -0.3 is 5.73 Å². The van der Waals surface area contributed by atoms with Gasteiger partial charge >= 0.3 is 0 Å². The molecule has 2 N–H and O–H groups in total. The molecule has 2 unspecified atom stereocenters. The molecule has 1 aromatic rings. The van der Waals surface area contributed by atoms with Crippen LogP contribution in [0.1, 0.15) is 19.3 Å². The molecule has 1 aliphatic carbocycles. The van der Waals surface area contributed by atoms with E-state index in [1.165, 1.54) is 18.5 Å². The number of piperidine rings is 1. The summed E-state index contributed by atoms with van der Waals surface area (Å²) in [5, 5.41) is 0. The number of nitrogens with two attached hydrogens (primary N) is 1. The molecule has 2 heterocycles. The number of rotatable bonds is 2. The standard InChI is InChI=1S/C11H15N3O2S/c12-10-3-4-13-6-11(10)17(15,16)14-7-8-1-2-9(14)5-8/h3-4,6,8-9H,1-2,5,7H2,(H2,12,13). The van der Waals surface area contributed by atoms with Crippen molar-refractivity contribution in [3.63, 3.8) is 0 Å². The van der Waals surface area contributed by atoms with E-state index in [9.17, 15) is 8.42 Å². The number of sulfonamides is 1. The Kier molecular flexibility index (Phi) is 2.38. The highest BCUT2D eigenvalue weighted by Gasteiger charge is 2.44. The Morgan fingerprint density at radius 1 is 1.41 bits per heavy atom. The number of nitrogens with zero attached hydrogens (tertiary/aromatic N) is 2. The molecule has 5 nitrogen and oxygen atoms in total. The van der Waals surface area contributed by atoms with Gasteiger partial charge in [0.05, 0.1) is 5.69 Å². The highest BCUT2D eigenvalue weighted by Crippen LogP contribution is 2.40. The molecule has 0 aromatic carbocycles. The fourth-order valence-corrected chi connectivity index (χ4v) is 4.71. The molecule has 1 aliphatic heterocycles. The summed E-state index contributed by atoms with van der Waals surface area (Å²) in [5.74, 6) is 0.535. The van der Waals surface area contributed by atoms with Crippen LogP contribution in [0.5, 0.6) is 0 Å². The summed E-state index contributed by atoms with van der Waals surface area (Å²) in [6, 6.07) is 1.70. The van der Waals surface area contributed by atoms with E-state index in [0.29, 0.717) is 12.5 Å². The average molecular weight is 253 g/mol. The van der Waals surface area contributed by atoms with Crippen LogP contribution in [0.4, 0.5) is 5.69 Å². The molecule has 1 saturated carbocycles. The minimum absolute atomic E-state index is 0.146. The summed E-state index contributed by atoms with van der Waals surface area (Å²) in [7, 11) is -3.45. The van der Waals surface area contributed by atoms with Crippen molar-refractivity contribution in [2.45, 2.75) is 30.2 Å². The molecule has 3 rings (SSSR count). The van der Waals surface area contributed by atoms with E-state index in [1.807, 2.05) is 0 Å². The molecule has 2 bridgehead atoms. The van der Waals surface area contributed by atoms with Crippen LogP contribution in [0.25, 0.3) is 0 Å². The van der Waals surface area contributed by atoms with Crippen molar-refractivity contribution in [3.8, 4) is 0 Å². The Morgan fingerprint density at radius 3 is 2.82 bits per heavy atom. The number of hydrogen-bond acceptors (Lipinski definition) is 4. The number of fused-ring (bicyclic) bond motifs is 2. The van der Waals surface area contributed by atoms with Gasteiger partial charge in [0.2, 0.25) is 10.0 Å². The lowest BCUT2D eigenvalue weighted by atomic mass is 10.1. The Labute approximate surface area is 101 Å². The van der Waals surface area contributed by atoms with E-state index in [0.717, 1.165) is 19.3 Å². The number of anilines is 1. The lowest BCUT2D eigenvalue weighted by Crippen LogP contribution is -2.37. The minimum atomic E-state index is -3.45. The number of aromatic nitrogens is 1. The maximum Gasteiger partial charge on any atom is 0.246 e. The maximum absolute atomic E-state index is 12.5. The summed E-state index contributed by atoms with van der Waals surface area (Å²) < 4.78 is 26.5. The van der Waals surface area contributed by atoms with Crippen LogP contribution in [0.3, 0.4) is 0 Å². The van der Waals surface area contributed by atoms with Gasteiger partial charge in [0, 0.05) is 25.0 Å². The van der Waals surface area contributed by atoms with E-state index in [-0.39, 0.29) is 16.6 Å². The lowest BCUT2D eigenvalue weighted by molar-refractivity contribution is 0.333. The minimum Gasteiger partial charge on any atom is -0.398 e. The van der Waals surface area contributed by atoms with Crippen molar-refractivity contribution >= 4 is 15.7 Å². The van der Waals surface area contributed by atoms with Crippen LogP contribution >= 0.6 is 0 Å². The molecule has 0 radical (unpaired) electrons. The Bertz CT molecular complexity index is 543. The molecule has 1 aromatic heterocycles. The van der Waals surface area contributed by atoms with Crippen molar-refractivity contribution < 1.29 is 8.42 Å². The predicted molar refractivity (Wildman–Crippen MR) is 63.7 cm³/mol. The first-order chi connectivity index (χ1) is 8.09. The van der Waals surface area contributed by atoms with Crippen LogP contribution in [0.15, 0.2) is 23.4 Å². The smallest absolute Gasteiger partial charge is 0.246 e. The van der Waals surface area contributed by atoms with Gasteiger partial charge in [-0.05, 0) is 31.2 Å². The first-order valence-corrected chi connectivity index (χ1v) is 7.24. The molecule has 0 spiro atoms. The molecule has 1 saturated heterocycles. The molecule has 0 amide bonds. The molecular formula is C11H15N3O2S. The predicted octanol–water partition coefficient (Wildman–Crippen LogP) is 0.837. The van der Waals surface area contributed by atoms with E-state index in [2.05, 4.69) is 4.98 Å². The maximum atomic E-state index is 12.5. The van der Waals surface area contributed by atoms with Gasteiger partial charge in [0.1, 0.15) is 4.90 Å². The van der Waals surface area contributed by atoms with Crippen LogP contribution in [0.2, 0.25) is 0 Å². The highest BCUT2D eigenvalue weighted by atomic mass is 32.2. The summed E-state index contributed by atoms with van der Waals surface area (Å²) >= 11 is 0. The molecule has 92 valence electrons. The van der Waals surface area contributed by atoms with E-state index in [1.54, 1.807) is 4.31 Å². The number of nitrogen functional groups attached to an aromatic ring is 1. The topological polar surface area (TPSA) is 76.3 Å². The third-order valence-electron chi connectivity index (χ3n) is 3.76. The second-order valence-electron chi connectivity index (χ2n) is 4.82. The van der Waals surface area contributed by atoms with Gasteiger partial charge in [-0.25, -0.2) is 8.42 Å².